The molecule has 0 spiro atoms. The number of anilines is 1. The Morgan fingerprint density at radius 1 is 1.13 bits per heavy atom. The third-order valence-corrected chi connectivity index (χ3v) is 6.89. The van der Waals surface area contributed by atoms with Gasteiger partial charge in [0.05, 0.1) is 5.02 Å². The Bertz CT molecular complexity index is 1060. The number of fused-ring (bicyclic) bond motifs is 2. The van der Waals surface area contributed by atoms with E-state index >= 15 is 0 Å². The predicted octanol–water partition coefficient (Wildman–Crippen LogP) is 4.55. The lowest BCUT2D eigenvalue weighted by Gasteiger charge is -2.38. The topological polar surface area (TPSA) is 69.0 Å². The maximum atomic E-state index is 6.26. The molecule has 2 fully saturated rings. The Morgan fingerprint density at radius 3 is 2.61 bits per heavy atom. The summed E-state index contributed by atoms with van der Waals surface area (Å²) in [5.41, 5.74) is 1.01. The summed E-state index contributed by atoms with van der Waals surface area (Å²) in [5, 5.41) is 5.31. The van der Waals surface area contributed by atoms with Crippen LogP contribution in [0.25, 0.3) is 0 Å². The molecule has 2 aromatic heterocycles. The highest BCUT2D eigenvalue weighted by Gasteiger charge is 2.42. The number of aromatic nitrogens is 5. The van der Waals surface area contributed by atoms with Crippen LogP contribution in [0.15, 0.2) is 36.7 Å². The molecule has 0 amide bonds. The summed E-state index contributed by atoms with van der Waals surface area (Å²) in [7, 11) is 0. The maximum Gasteiger partial charge on any atom is 0.320 e. The zero-order valence-electron chi connectivity index (χ0n) is 17.9. The fraction of sp³-hybridized carbons (Fsp3) is 0.478. The van der Waals surface area contributed by atoms with Gasteiger partial charge in [-0.3, -0.25) is 0 Å². The summed E-state index contributed by atoms with van der Waals surface area (Å²) in [5.74, 6) is 4.38. The molecule has 3 heterocycles. The van der Waals surface area contributed by atoms with Crippen molar-refractivity contribution in [2.24, 2.45) is 17.8 Å². The van der Waals surface area contributed by atoms with Crippen LogP contribution in [-0.4, -0.2) is 37.8 Å². The second kappa shape index (κ2) is 8.46. The lowest BCUT2D eigenvalue weighted by molar-refractivity contribution is 0.264. The van der Waals surface area contributed by atoms with E-state index in [0.717, 1.165) is 36.8 Å². The average molecular weight is 439 g/mol. The zero-order chi connectivity index (χ0) is 21.4. The van der Waals surface area contributed by atoms with Crippen molar-refractivity contribution in [3.63, 3.8) is 0 Å². The van der Waals surface area contributed by atoms with Gasteiger partial charge < -0.3 is 9.64 Å². The molecule has 1 unspecified atom stereocenters. The van der Waals surface area contributed by atoms with Crippen molar-refractivity contribution >= 4 is 17.4 Å². The summed E-state index contributed by atoms with van der Waals surface area (Å²) < 4.78 is 7.81. The molecule has 0 radical (unpaired) electrons. The molecule has 1 aliphatic heterocycles. The molecule has 2 aliphatic rings. The number of halogens is 1. The minimum atomic E-state index is 0.506. The first-order valence-corrected chi connectivity index (χ1v) is 11.4. The molecule has 5 rings (SSSR count). The number of aryl methyl sites for hydroxylation is 2. The van der Waals surface area contributed by atoms with E-state index in [2.05, 4.69) is 20.9 Å². The summed E-state index contributed by atoms with van der Waals surface area (Å²) in [4.78, 5) is 15.9. The molecule has 8 heteroatoms. The molecule has 2 bridgehead atoms. The van der Waals surface area contributed by atoms with Crippen LogP contribution in [-0.2, 0) is 13.0 Å². The Labute approximate surface area is 187 Å². The largest absolute Gasteiger partial charge is 0.423 e. The van der Waals surface area contributed by atoms with E-state index in [-0.39, 0.29) is 0 Å². The first-order chi connectivity index (χ1) is 15.1. The van der Waals surface area contributed by atoms with Crippen molar-refractivity contribution in [1.29, 1.82) is 0 Å². The summed E-state index contributed by atoms with van der Waals surface area (Å²) >= 11 is 6.26. The van der Waals surface area contributed by atoms with Gasteiger partial charge in [0.2, 0.25) is 0 Å². The van der Waals surface area contributed by atoms with Crippen molar-refractivity contribution in [1.82, 2.24) is 24.7 Å². The zero-order valence-corrected chi connectivity index (χ0v) is 18.7. The molecule has 1 saturated heterocycles. The Kier molecular flexibility index (Phi) is 5.52. The first-order valence-electron chi connectivity index (χ1n) is 11.0. The van der Waals surface area contributed by atoms with E-state index in [4.69, 9.17) is 26.4 Å². The summed E-state index contributed by atoms with van der Waals surface area (Å²) in [6.45, 7) is 6.84. The van der Waals surface area contributed by atoms with E-state index in [1.807, 2.05) is 42.8 Å². The van der Waals surface area contributed by atoms with Gasteiger partial charge in [-0.2, -0.15) is 10.1 Å². The lowest BCUT2D eigenvalue weighted by Crippen LogP contribution is -2.43. The molecule has 1 aromatic carbocycles. The van der Waals surface area contributed by atoms with Gasteiger partial charge in [0.1, 0.15) is 17.9 Å². The highest BCUT2D eigenvalue weighted by Crippen LogP contribution is 2.44. The number of rotatable bonds is 6. The van der Waals surface area contributed by atoms with Gasteiger partial charge in [0.25, 0.3) is 0 Å². The molecular formula is C23H27ClN6O. The molecule has 162 valence electrons. The van der Waals surface area contributed by atoms with Crippen molar-refractivity contribution in [3.8, 4) is 11.8 Å². The standard InChI is InChI=1S/C23H27ClN6O/c1-3-30-23(31-20-7-5-4-6-19(20)24)27-21(28-30)11-18-16-8-9-17(18)13-29(12-16)22-10-15(2)25-14-26-22/h4-7,10,14,16-18H,3,8-9,11-13H2,1-2H3/t16-,17+,18?. The highest BCUT2D eigenvalue weighted by atomic mass is 35.5. The van der Waals surface area contributed by atoms with Crippen LogP contribution in [0.5, 0.6) is 11.8 Å². The van der Waals surface area contributed by atoms with E-state index in [1.165, 1.54) is 12.8 Å². The van der Waals surface area contributed by atoms with Gasteiger partial charge >= 0.3 is 6.01 Å². The van der Waals surface area contributed by atoms with Gasteiger partial charge in [-0.25, -0.2) is 14.6 Å². The van der Waals surface area contributed by atoms with Crippen molar-refractivity contribution in [2.75, 3.05) is 18.0 Å². The molecule has 1 saturated carbocycles. The molecule has 0 N–H and O–H groups in total. The first kappa shape index (κ1) is 20.2. The van der Waals surface area contributed by atoms with Crippen LogP contribution >= 0.6 is 11.6 Å². The number of para-hydroxylation sites is 1. The smallest absolute Gasteiger partial charge is 0.320 e. The second-order valence-corrected chi connectivity index (χ2v) is 8.95. The maximum absolute atomic E-state index is 6.26. The summed E-state index contributed by atoms with van der Waals surface area (Å²) in [6.07, 6.45) is 5.07. The monoisotopic (exact) mass is 438 g/mol. The molecule has 31 heavy (non-hydrogen) atoms. The SMILES string of the molecule is CCn1nc(CC2[C@@H]3CC[C@H]2CN(c2cc(C)ncn2)C3)nc1Oc1ccccc1Cl. The van der Waals surface area contributed by atoms with Gasteiger partial charge in [-0.15, -0.1) is 0 Å². The second-order valence-electron chi connectivity index (χ2n) is 8.55. The number of piperidine rings is 1. The minimum absolute atomic E-state index is 0.506. The van der Waals surface area contributed by atoms with Crippen molar-refractivity contribution in [2.45, 2.75) is 39.7 Å². The van der Waals surface area contributed by atoms with E-state index in [0.29, 0.717) is 41.1 Å². The lowest BCUT2D eigenvalue weighted by atomic mass is 9.82. The fourth-order valence-electron chi connectivity index (χ4n) is 5.05. The van der Waals surface area contributed by atoms with Gasteiger partial charge in [0.15, 0.2) is 5.82 Å². The van der Waals surface area contributed by atoms with Crippen LogP contribution in [0.2, 0.25) is 5.02 Å². The quantitative estimate of drug-likeness (QED) is 0.562. The van der Waals surface area contributed by atoms with Crippen molar-refractivity contribution in [3.05, 3.63) is 53.2 Å². The van der Waals surface area contributed by atoms with Crippen LogP contribution < -0.4 is 9.64 Å². The molecule has 7 nitrogen and oxygen atoms in total. The van der Waals surface area contributed by atoms with Crippen molar-refractivity contribution < 1.29 is 4.74 Å². The van der Waals surface area contributed by atoms with E-state index < -0.39 is 0 Å². The number of hydrogen-bond donors (Lipinski definition) is 0. The molecule has 1 aliphatic carbocycles. The van der Waals surface area contributed by atoms with E-state index in [1.54, 1.807) is 6.33 Å². The minimum Gasteiger partial charge on any atom is -0.423 e. The number of ether oxygens (including phenoxy) is 1. The van der Waals surface area contributed by atoms with E-state index in [9.17, 15) is 0 Å². The Hall–Kier alpha value is -2.67. The van der Waals surface area contributed by atoms with Crippen LogP contribution in [0.3, 0.4) is 0 Å². The fourth-order valence-corrected chi connectivity index (χ4v) is 5.22. The predicted molar refractivity (Wildman–Crippen MR) is 120 cm³/mol. The van der Waals surface area contributed by atoms with Gasteiger partial charge in [-0.1, -0.05) is 23.7 Å². The summed E-state index contributed by atoms with van der Waals surface area (Å²) in [6, 6.07) is 10.0. The number of hydrogen-bond acceptors (Lipinski definition) is 6. The number of benzene rings is 1. The third kappa shape index (κ3) is 4.11. The van der Waals surface area contributed by atoms with Crippen LogP contribution in [0, 0.1) is 24.7 Å². The average Bonchev–Trinajstić information content (AvgIpc) is 3.25. The van der Waals surface area contributed by atoms with Gasteiger partial charge in [-0.05, 0) is 56.6 Å². The Morgan fingerprint density at radius 2 is 1.90 bits per heavy atom. The van der Waals surface area contributed by atoms with Gasteiger partial charge in [0, 0.05) is 37.8 Å². The normalized spacial score (nSPS) is 22.7. The third-order valence-electron chi connectivity index (χ3n) is 6.58. The Balaban J connectivity index is 1.31. The highest BCUT2D eigenvalue weighted by molar-refractivity contribution is 6.32. The molecular weight excluding hydrogens is 412 g/mol. The van der Waals surface area contributed by atoms with Crippen LogP contribution in [0.4, 0.5) is 5.82 Å². The molecule has 3 aromatic rings. The van der Waals surface area contributed by atoms with Crippen LogP contribution in [0.1, 0.15) is 31.3 Å². The number of nitrogens with zero attached hydrogens (tertiary/aromatic N) is 6. The molecule has 3 atom stereocenters.